The first kappa shape index (κ1) is 14.4. The van der Waals surface area contributed by atoms with Gasteiger partial charge in [0, 0.05) is 12.5 Å². The lowest BCUT2D eigenvalue weighted by Gasteiger charge is -1.89. The van der Waals surface area contributed by atoms with Crippen molar-refractivity contribution in [2.75, 3.05) is 0 Å². The van der Waals surface area contributed by atoms with Crippen molar-refractivity contribution in [3.05, 3.63) is 36.2 Å². The maximum absolute atomic E-state index is 4.86. The number of rotatable bonds is 1. The van der Waals surface area contributed by atoms with Crippen molar-refractivity contribution >= 4 is 0 Å². The van der Waals surface area contributed by atoms with Crippen molar-refractivity contribution in [1.82, 2.24) is 10.1 Å². The molecule has 3 nitrogen and oxygen atoms in total. The molecule has 3 heteroatoms. The standard InChI is InChI=1S/C9H8N2O.2C2H6/c1-7-10-9(11-12-7)8-5-3-2-4-6-8;2*1-2/h2-6H,1H3;2*1-2H3. The first-order valence-corrected chi connectivity index (χ1v) is 5.72. The van der Waals surface area contributed by atoms with Gasteiger partial charge < -0.3 is 4.52 Å². The molecule has 0 saturated heterocycles. The Labute approximate surface area is 97.5 Å². The Morgan fingerprint density at radius 3 is 1.94 bits per heavy atom. The third kappa shape index (κ3) is 4.26. The number of nitrogens with zero attached hydrogens (tertiary/aromatic N) is 2. The number of benzene rings is 1. The maximum Gasteiger partial charge on any atom is 0.223 e. The summed E-state index contributed by atoms with van der Waals surface area (Å²) in [6, 6.07) is 9.74. The molecular formula is C13H20N2O. The van der Waals surface area contributed by atoms with E-state index in [-0.39, 0.29) is 0 Å². The second-order valence-electron chi connectivity index (χ2n) is 2.50. The van der Waals surface area contributed by atoms with Gasteiger partial charge in [-0.15, -0.1) is 0 Å². The van der Waals surface area contributed by atoms with Crippen LogP contribution < -0.4 is 0 Å². The average molecular weight is 220 g/mol. The van der Waals surface area contributed by atoms with E-state index in [1.54, 1.807) is 6.92 Å². The molecule has 88 valence electrons. The Balaban J connectivity index is 0.000000509. The first-order valence-electron chi connectivity index (χ1n) is 5.72. The van der Waals surface area contributed by atoms with Gasteiger partial charge in [0.1, 0.15) is 0 Å². The molecule has 0 amide bonds. The zero-order valence-electron chi connectivity index (χ0n) is 10.7. The van der Waals surface area contributed by atoms with Crippen molar-refractivity contribution < 1.29 is 4.52 Å². The number of aromatic nitrogens is 2. The smallest absolute Gasteiger partial charge is 0.223 e. The minimum absolute atomic E-state index is 0.592. The van der Waals surface area contributed by atoms with Crippen LogP contribution in [0, 0.1) is 6.92 Å². The van der Waals surface area contributed by atoms with Gasteiger partial charge in [-0.05, 0) is 0 Å². The van der Waals surface area contributed by atoms with E-state index in [0.29, 0.717) is 11.7 Å². The molecule has 0 spiro atoms. The summed E-state index contributed by atoms with van der Waals surface area (Å²) in [6.07, 6.45) is 0. The fourth-order valence-corrected chi connectivity index (χ4v) is 1.00. The van der Waals surface area contributed by atoms with E-state index in [2.05, 4.69) is 10.1 Å². The average Bonchev–Trinajstić information content (AvgIpc) is 2.82. The first-order chi connectivity index (χ1) is 7.86. The lowest BCUT2D eigenvalue weighted by molar-refractivity contribution is 0.394. The van der Waals surface area contributed by atoms with E-state index in [1.807, 2.05) is 58.0 Å². The Morgan fingerprint density at radius 1 is 0.938 bits per heavy atom. The fourth-order valence-electron chi connectivity index (χ4n) is 1.00. The van der Waals surface area contributed by atoms with Gasteiger partial charge in [0.15, 0.2) is 0 Å². The molecule has 0 unspecified atom stereocenters. The number of hydrogen-bond donors (Lipinski definition) is 0. The van der Waals surface area contributed by atoms with Gasteiger partial charge in [-0.1, -0.05) is 63.2 Å². The molecule has 2 aromatic rings. The van der Waals surface area contributed by atoms with Crippen LogP contribution in [0.25, 0.3) is 11.4 Å². The largest absolute Gasteiger partial charge is 0.339 e. The normalized spacial score (nSPS) is 8.31. The zero-order valence-corrected chi connectivity index (χ0v) is 10.7. The van der Waals surface area contributed by atoms with Crippen molar-refractivity contribution in [2.45, 2.75) is 34.6 Å². The topological polar surface area (TPSA) is 38.9 Å². The lowest BCUT2D eigenvalue weighted by atomic mass is 10.2. The van der Waals surface area contributed by atoms with Gasteiger partial charge in [0.2, 0.25) is 11.7 Å². The Hall–Kier alpha value is -1.64. The van der Waals surface area contributed by atoms with Crippen LogP contribution in [0.3, 0.4) is 0 Å². The van der Waals surface area contributed by atoms with E-state index < -0.39 is 0 Å². The molecule has 0 aliphatic carbocycles. The molecule has 2 rings (SSSR count). The highest BCUT2D eigenvalue weighted by Crippen LogP contribution is 2.13. The second kappa shape index (κ2) is 8.65. The predicted octanol–water partition coefficient (Wildman–Crippen LogP) is 4.10. The second-order valence-corrected chi connectivity index (χ2v) is 2.50. The van der Waals surface area contributed by atoms with Gasteiger partial charge in [0.25, 0.3) is 0 Å². The summed E-state index contributed by atoms with van der Waals surface area (Å²) in [4.78, 5) is 4.10. The molecule has 1 aromatic heterocycles. The van der Waals surface area contributed by atoms with Crippen molar-refractivity contribution in [3.63, 3.8) is 0 Å². The molecule has 1 aromatic carbocycles. The summed E-state index contributed by atoms with van der Waals surface area (Å²) < 4.78 is 4.86. The van der Waals surface area contributed by atoms with Crippen LogP contribution in [0.5, 0.6) is 0 Å². The highest BCUT2D eigenvalue weighted by molar-refractivity contribution is 5.53. The van der Waals surface area contributed by atoms with E-state index in [1.165, 1.54) is 0 Å². The quantitative estimate of drug-likeness (QED) is 0.726. The van der Waals surface area contributed by atoms with Crippen LogP contribution in [0.4, 0.5) is 0 Å². The molecule has 0 N–H and O–H groups in total. The van der Waals surface area contributed by atoms with Crippen molar-refractivity contribution in [3.8, 4) is 11.4 Å². The summed E-state index contributed by atoms with van der Waals surface area (Å²) in [5.41, 5.74) is 0.981. The molecule has 1 heterocycles. The Morgan fingerprint density at radius 2 is 1.50 bits per heavy atom. The predicted molar refractivity (Wildman–Crippen MR) is 67.2 cm³/mol. The summed E-state index contributed by atoms with van der Waals surface area (Å²) >= 11 is 0. The van der Waals surface area contributed by atoms with Gasteiger partial charge >= 0.3 is 0 Å². The van der Waals surface area contributed by atoms with E-state index in [9.17, 15) is 0 Å². The van der Waals surface area contributed by atoms with Gasteiger partial charge in [0.05, 0.1) is 0 Å². The molecule has 0 atom stereocenters. The maximum atomic E-state index is 4.86. The highest BCUT2D eigenvalue weighted by Gasteiger charge is 2.02. The van der Waals surface area contributed by atoms with Crippen molar-refractivity contribution in [2.24, 2.45) is 0 Å². The zero-order chi connectivity index (χ0) is 12.4. The van der Waals surface area contributed by atoms with E-state index in [0.717, 1.165) is 5.56 Å². The lowest BCUT2D eigenvalue weighted by Crippen LogP contribution is -1.78. The minimum Gasteiger partial charge on any atom is -0.339 e. The summed E-state index contributed by atoms with van der Waals surface area (Å²) in [6.45, 7) is 9.78. The van der Waals surface area contributed by atoms with E-state index >= 15 is 0 Å². The van der Waals surface area contributed by atoms with Crippen LogP contribution in [-0.4, -0.2) is 10.1 Å². The van der Waals surface area contributed by atoms with Gasteiger partial charge in [-0.2, -0.15) is 4.98 Å². The fraction of sp³-hybridized carbons (Fsp3) is 0.385. The molecule has 0 saturated carbocycles. The van der Waals surface area contributed by atoms with Gasteiger partial charge in [-0.3, -0.25) is 0 Å². The van der Waals surface area contributed by atoms with Crippen LogP contribution >= 0.6 is 0 Å². The molecule has 0 aliphatic rings. The molecule has 0 aliphatic heterocycles. The van der Waals surface area contributed by atoms with Crippen LogP contribution in [0.15, 0.2) is 34.9 Å². The highest BCUT2D eigenvalue weighted by atomic mass is 16.5. The monoisotopic (exact) mass is 220 g/mol. The summed E-state index contributed by atoms with van der Waals surface area (Å²) in [5, 5.41) is 3.80. The molecule has 16 heavy (non-hydrogen) atoms. The molecule has 0 radical (unpaired) electrons. The minimum atomic E-state index is 0.592. The molecular weight excluding hydrogens is 200 g/mol. The van der Waals surface area contributed by atoms with Crippen molar-refractivity contribution in [1.29, 1.82) is 0 Å². The van der Waals surface area contributed by atoms with E-state index in [4.69, 9.17) is 4.52 Å². The van der Waals surface area contributed by atoms with Gasteiger partial charge in [-0.25, -0.2) is 0 Å². The summed E-state index contributed by atoms with van der Waals surface area (Å²) in [5.74, 6) is 1.24. The van der Waals surface area contributed by atoms with Crippen LogP contribution in [0.1, 0.15) is 33.6 Å². The number of aryl methyl sites for hydroxylation is 1. The number of hydrogen-bond acceptors (Lipinski definition) is 3. The summed E-state index contributed by atoms with van der Waals surface area (Å²) in [7, 11) is 0. The Bertz CT molecular complexity index is 368. The Kier molecular flexibility index (Phi) is 7.76. The van der Waals surface area contributed by atoms with Crippen LogP contribution in [-0.2, 0) is 0 Å². The third-order valence-electron chi connectivity index (χ3n) is 1.56. The molecule has 0 fully saturated rings. The van der Waals surface area contributed by atoms with Crippen LogP contribution in [0.2, 0.25) is 0 Å². The SMILES string of the molecule is CC.CC.Cc1nc(-c2ccccc2)no1. The molecule has 0 bridgehead atoms. The third-order valence-corrected chi connectivity index (χ3v) is 1.56.